The molecule has 0 spiro atoms. The normalized spacial score (nSPS) is 23.4. The van der Waals surface area contributed by atoms with Gasteiger partial charge in [-0.2, -0.15) is 0 Å². The summed E-state index contributed by atoms with van der Waals surface area (Å²) < 4.78 is 0. The molecule has 1 fully saturated rings. The quantitative estimate of drug-likeness (QED) is 0.444. The molecule has 0 N–H and O–H groups in total. The minimum atomic E-state index is 0.753. The van der Waals surface area contributed by atoms with Gasteiger partial charge in [0.15, 0.2) is 0 Å². The summed E-state index contributed by atoms with van der Waals surface area (Å²) in [5, 5.41) is 0. The topological polar surface area (TPSA) is 0 Å². The van der Waals surface area contributed by atoms with Crippen molar-refractivity contribution < 1.29 is 0 Å². The highest BCUT2D eigenvalue weighted by molar-refractivity contribution is 5.73. The van der Waals surface area contributed by atoms with Crippen molar-refractivity contribution in [1.29, 1.82) is 0 Å². The van der Waals surface area contributed by atoms with E-state index in [0.717, 1.165) is 11.8 Å². The Labute approximate surface area is 123 Å². The lowest BCUT2D eigenvalue weighted by Crippen LogP contribution is -2.12. The fraction of sp³-hybridized carbons (Fsp3) is 0.400. The smallest absolute Gasteiger partial charge is 0.0162 e. The Balaban J connectivity index is 2.01. The van der Waals surface area contributed by atoms with E-state index in [1.807, 2.05) is 6.08 Å². The minimum Gasteiger partial charge on any atom is -0.103 e. The van der Waals surface area contributed by atoms with Crippen LogP contribution in [-0.2, 0) is 0 Å². The first-order valence-electron chi connectivity index (χ1n) is 7.78. The molecule has 1 saturated carbocycles. The van der Waals surface area contributed by atoms with Gasteiger partial charge in [0.05, 0.1) is 0 Å². The number of benzene rings is 1. The van der Waals surface area contributed by atoms with Gasteiger partial charge in [-0.25, -0.2) is 0 Å². The first-order valence-corrected chi connectivity index (χ1v) is 7.78. The van der Waals surface area contributed by atoms with Crippen molar-refractivity contribution in [3.63, 3.8) is 0 Å². The highest BCUT2D eigenvalue weighted by atomic mass is 14.3. The van der Waals surface area contributed by atoms with Crippen molar-refractivity contribution >= 4 is 5.57 Å². The molecule has 1 aromatic rings. The molecule has 1 aliphatic carbocycles. The molecular weight excluding hydrogens is 240 g/mol. The number of allylic oxidation sites excluding steroid dienone is 4. The van der Waals surface area contributed by atoms with Crippen LogP contribution in [-0.4, -0.2) is 0 Å². The maximum Gasteiger partial charge on any atom is -0.0162 e. The maximum atomic E-state index is 3.87. The zero-order chi connectivity index (χ0) is 14.4. The van der Waals surface area contributed by atoms with Crippen LogP contribution in [0.25, 0.3) is 5.57 Å². The average Bonchev–Trinajstić information content (AvgIpc) is 2.50. The third kappa shape index (κ3) is 3.50. The first kappa shape index (κ1) is 14.8. The van der Waals surface area contributed by atoms with Gasteiger partial charge in [0, 0.05) is 0 Å². The van der Waals surface area contributed by atoms with Crippen molar-refractivity contribution in [1.82, 2.24) is 0 Å². The Morgan fingerprint density at radius 2 is 1.75 bits per heavy atom. The molecule has 1 aromatic carbocycles. The molecule has 2 rings (SSSR count). The molecule has 20 heavy (non-hydrogen) atoms. The molecule has 0 aromatic heterocycles. The Bertz CT molecular complexity index is 467. The van der Waals surface area contributed by atoms with Gasteiger partial charge in [-0.1, -0.05) is 49.1 Å². The third-order valence-electron chi connectivity index (χ3n) is 4.59. The van der Waals surface area contributed by atoms with Crippen LogP contribution in [0.5, 0.6) is 0 Å². The van der Waals surface area contributed by atoms with Crippen LogP contribution in [0.1, 0.15) is 56.1 Å². The fourth-order valence-electron chi connectivity index (χ4n) is 3.32. The van der Waals surface area contributed by atoms with E-state index in [2.05, 4.69) is 56.5 Å². The van der Waals surface area contributed by atoms with Crippen LogP contribution in [0.15, 0.2) is 55.7 Å². The molecule has 0 saturated heterocycles. The zero-order valence-electron chi connectivity index (χ0n) is 12.6. The van der Waals surface area contributed by atoms with Gasteiger partial charge in [0.25, 0.3) is 0 Å². The molecule has 0 heteroatoms. The van der Waals surface area contributed by atoms with E-state index in [9.17, 15) is 0 Å². The lowest BCUT2D eigenvalue weighted by molar-refractivity contribution is 0.328. The summed E-state index contributed by atoms with van der Waals surface area (Å²) in [6, 6.07) is 9.09. The van der Waals surface area contributed by atoms with Crippen molar-refractivity contribution in [3.05, 3.63) is 66.8 Å². The summed E-state index contributed by atoms with van der Waals surface area (Å²) in [5.74, 6) is 1.63. The Kier molecular flexibility index (Phi) is 5.40. The summed E-state index contributed by atoms with van der Waals surface area (Å²) in [6.45, 7) is 9.79. The second kappa shape index (κ2) is 7.28. The van der Waals surface area contributed by atoms with Crippen LogP contribution in [0.4, 0.5) is 0 Å². The molecule has 1 aliphatic rings. The molecule has 0 bridgehead atoms. The van der Waals surface area contributed by atoms with E-state index in [0.29, 0.717) is 0 Å². The Morgan fingerprint density at radius 1 is 1.10 bits per heavy atom. The average molecular weight is 266 g/mol. The predicted octanol–water partition coefficient (Wildman–Crippen LogP) is 6.13. The third-order valence-corrected chi connectivity index (χ3v) is 4.59. The second-order valence-corrected chi connectivity index (χ2v) is 5.81. The van der Waals surface area contributed by atoms with Crippen molar-refractivity contribution in [2.75, 3.05) is 0 Å². The predicted molar refractivity (Wildman–Crippen MR) is 89.8 cm³/mol. The molecule has 0 aliphatic heterocycles. The van der Waals surface area contributed by atoms with Gasteiger partial charge >= 0.3 is 0 Å². The first-order chi connectivity index (χ1) is 9.78. The minimum absolute atomic E-state index is 0.753. The Hall–Kier alpha value is -1.56. The van der Waals surface area contributed by atoms with Crippen LogP contribution in [0, 0.1) is 5.92 Å². The number of rotatable bonds is 5. The van der Waals surface area contributed by atoms with Crippen molar-refractivity contribution in [3.8, 4) is 0 Å². The van der Waals surface area contributed by atoms with Gasteiger partial charge in [-0.05, 0) is 67.6 Å². The molecule has 0 unspecified atom stereocenters. The van der Waals surface area contributed by atoms with Gasteiger partial charge < -0.3 is 0 Å². The molecule has 106 valence electrons. The molecule has 0 nitrogen and oxygen atoms in total. The molecular formula is C20H26. The van der Waals surface area contributed by atoms with Crippen LogP contribution in [0.2, 0.25) is 0 Å². The number of hydrogen-bond donors (Lipinski definition) is 0. The van der Waals surface area contributed by atoms with Gasteiger partial charge in [0.1, 0.15) is 0 Å². The molecule has 0 amide bonds. The standard InChI is InChI=1S/C20H26/c1-4-7-16-8-10-19(11-9-16)20-14-12-18(13-15-20)17(5-2)6-3/h4-6,12-16,19H,1-2,7-11H2,3H3/b17-6+. The lowest BCUT2D eigenvalue weighted by atomic mass is 9.77. The van der Waals surface area contributed by atoms with E-state index < -0.39 is 0 Å². The molecule has 0 atom stereocenters. The molecule has 0 heterocycles. The van der Waals surface area contributed by atoms with Crippen LogP contribution >= 0.6 is 0 Å². The van der Waals surface area contributed by atoms with Gasteiger partial charge in [0.2, 0.25) is 0 Å². The maximum absolute atomic E-state index is 3.87. The summed E-state index contributed by atoms with van der Waals surface area (Å²) >= 11 is 0. The summed E-state index contributed by atoms with van der Waals surface area (Å²) in [6.07, 6.45) is 12.7. The van der Waals surface area contributed by atoms with Crippen molar-refractivity contribution in [2.24, 2.45) is 5.92 Å². The zero-order valence-corrected chi connectivity index (χ0v) is 12.6. The number of hydrogen-bond acceptors (Lipinski definition) is 0. The molecule has 0 radical (unpaired) electrons. The van der Waals surface area contributed by atoms with Crippen molar-refractivity contribution in [2.45, 2.75) is 44.9 Å². The van der Waals surface area contributed by atoms with Gasteiger partial charge in [-0.15, -0.1) is 6.58 Å². The van der Waals surface area contributed by atoms with Crippen LogP contribution < -0.4 is 0 Å². The summed E-state index contributed by atoms with van der Waals surface area (Å²) in [5.41, 5.74) is 3.99. The van der Waals surface area contributed by atoms with E-state index >= 15 is 0 Å². The highest BCUT2D eigenvalue weighted by Crippen LogP contribution is 2.37. The van der Waals surface area contributed by atoms with Gasteiger partial charge in [-0.3, -0.25) is 0 Å². The summed E-state index contributed by atoms with van der Waals surface area (Å²) in [7, 11) is 0. The second-order valence-electron chi connectivity index (χ2n) is 5.81. The van der Waals surface area contributed by atoms with Crippen LogP contribution in [0.3, 0.4) is 0 Å². The van der Waals surface area contributed by atoms with E-state index in [4.69, 9.17) is 0 Å². The Morgan fingerprint density at radius 3 is 2.25 bits per heavy atom. The van der Waals surface area contributed by atoms with E-state index in [1.165, 1.54) is 48.8 Å². The summed E-state index contributed by atoms with van der Waals surface area (Å²) in [4.78, 5) is 0. The lowest BCUT2D eigenvalue weighted by Gasteiger charge is -2.28. The SMILES string of the molecule is C=CCC1CCC(c2ccc(/C(C=C)=C/C)cc2)CC1. The van der Waals surface area contributed by atoms with E-state index in [-0.39, 0.29) is 0 Å². The monoisotopic (exact) mass is 266 g/mol. The largest absolute Gasteiger partial charge is 0.103 e. The highest BCUT2D eigenvalue weighted by Gasteiger charge is 2.21. The van der Waals surface area contributed by atoms with E-state index in [1.54, 1.807) is 0 Å². The fourth-order valence-corrected chi connectivity index (χ4v) is 3.32.